The van der Waals surface area contributed by atoms with E-state index in [2.05, 4.69) is 32.2 Å². The quantitative estimate of drug-likeness (QED) is 0.805. The third kappa shape index (κ3) is 3.06. The van der Waals surface area contributed by atoms with Crippen molar-refractivity contribution in [2.75, 3.05) is 25.6 Å². The van der Waals surface area contributed by atoms with Gasteiger partial charge in [0.15, 0.2) is 5.82 Å². The number of hydrogen-bond donors (Lipinski definition) is 0. The molecule has 1 aromatic heterocycles. The van der Waals surface area contributed by atoms with E-state index in [4.69, 9.17) is 10.00 Å². The van der Waals surface area contributed by atoms with Crippen LogP contribution in [0.5, 0.6) is 5.75 Å². The smallest absolute Gasteiger partial charge is 0.151 e. The highest BCUT2D eigenvalue weighted by molar-refractivity contribution is 9.10. The summed E-state index contributed by atoms with van der Waals surface area (Å²) < 4.78 is 6.06. The Labute approximate surface area is 125 Å². The van der Waals surface area contributed by atoms with Crippen molar-refractivity contribution in [3.63, 3.8) is 0 Å². The molecule has 102 valence electrons. The lowest BCUT2D eigenvalue weighted by molar-refractivity contribution is 0.412. The summed E-state index contributed by atoms with van der Waals surface area (Å²) >= 11 is 3.45. The zero-order valence-electron chi connectivity index (χ0n) is 11.2. The van der Waals surface area contributed by atoms with Crippen molar-refractivity contribution < 1.29 is 4.74 Å². The molecule has 0 atom stereocenters. The van der Waals surface area contributed by atoms with Gasteiger partial charge in [0.25, 0.3) is 0 Å². The second-order valence-corrected chi connectivity index (χ2v) is 4.99. The fourth-order valence-electron chi connectivity index (χ4n) is 1.70. The molecule has 20 heavy (non-hydrogen) atoms. The first-order chi connectivity index (χ1) is 9.65. The maximum Gasteiger partial charge on any atom is 0.151 e. The normalized spacial score (nSPS) is 9.90. The Balaban J connectivity index is 2.26. The number of hydrogen-bond acceptors (Lipinski definition) is 5. The van der Waals surface area contributed by atoms with Gasteiger partial charge in [0.05, 0.1) is 23.3 Å². The number of aromatic nitrogens is 2. The monoisotopic (exact) mass is 332 g/mol. The summed E-state index contributed by atoms with van der Waals surface area (Å²) in [5, 5.41) is 17.0. The van der Waals surface area contributed by atoms with Crippen LogP contribution in [0, 0.1) is 11.3 Å². The highest BCUT2D eigenvalue weighted by Crippen LogP contribution is 2.29. The maximum atomic E-state index is 8.65. The summed E-state index contributed by atoms with van der Waals surface area (Å²) in [5.41, 5.74) is 1.71. The molecule has 0 aliphatic carbocycles. The zero-order chi connectivity index (χ0) is 14.5. The van der Waals surface area contributed by atoms with E-state index in [1.165, 1.54) is 0 Å². The number of halogens is 1. The molecule has 2 rings (SSSR count). The van der Waals surface area contributed by atoms with E-state index in [1.807, 2.05) is 30.3 Å². The summed E-state index contributed by atoms with van der Waals surface area (Å²) in [6, 6.07) is 11.5. The topological polar surface area (TPSA) is 62.0 Å². The number of nitriles is 1. The molecular weight excluding hydrogens is 320 g/mol. The third-order valence-electron chi connectivity index (χ3n) is 2.80. The average molecular weight is 333 g/mol. The SMILES string of the molecule is COc1ccc(-c2ccc(N(C)CC#N)nn2)cc1Br. The van der Waals surface area contributed by atoms with E-state index in [0.717, 1.165) is 21.5 Å². The first kappa shape index (κ1) is 14.3. The lowest BCUT2D eigenvalue weighted by Crippen LogP contribution is -2.18. The standard InChI is InChI=1S/C14H13BrN4O/c1-19(8-7-16)14-6-4-12(17-18-14)10-3-5-13(20-2)11(15)9-10/h3-6,9H,8H2,1-2H3. The molecule has 0 N–H and O–H groups in total. The molecule has 0 fully saturated rings. The maximum absolute atomic E-state index is 8.65. The molecule has 0 bridgehead atoms. The lowest BCUT2D eigenvalue weighted by atomic mass is 10.1. The molecule has 0 amide bonds. The van der Waals surface area contributed by atoms with Crippen LogP contribution in [0.25, 0.3) is 11.3 Å². The molecule has 6 heteroatoms. The van der Waals surface area contributed by atoms with Crippen LogP contribution in [-0.2, 0) is 0 Å². The van der Waals surface area contributed by atoms with E-state index in [1.54, 1.807) is 19.1 Å². The van der Waals surface area contributed by atoms with Gasteiger partial charge in [0.2, 0.25) is 0 Å². The van der Waals surface area contributed by atoms with Gasteiger partial charge in [-0.05, 0) is 46.3 Å². The van der Waals surface area contributed by atoms with Crippen molar-refractivity contribution >= 4 is 21.7 Å². The van der Waals surface area contributed by atoms with Crippen LogP contribution in [0.1, 0.15) is 0 Å². The van der Waals surface area contributed by atoms with E-state index < -0.39 is 0 Å². The van der Waals surface area contributed by atoms with Gasteiger partial charge >= 0.3 is 0 Å². The van der Waals surface area contributed by atoms with Crippen LogP contribution in [0.3, 0.4) is 0 Å². The minimum Gasteiger partial charge on any atom is -0.496 e. The van der Waals surface area contributed by atoms with Gasteiger partial charge in [-0.25, -0.2) is 0 Å². The molecule has 0 spiro atoms. The number of benzene rings is 1. The Bertz CT molecular complexity index is 637. The van der Waals surface area contributed by atoms with Crippen molar-refractivity contribution in [3.8, 4) is 23.1 Å². The van der Waals surface area contributed by atoms with Crippen LogP contribution in [-0.4, -0.2) is 30.9 Å². The van der Waals surface area contributed by atoms with Gasteiger partial charge in [-0.15, -0.1) is 10.2 Å². The summed E-state index contributed by atoms with van der Waals surface area (Å²) in [4.78, 5) is 1.74. The molecule has 1 heterocycles. The molecule has 0 saturated carbocycles. The number of anilines is 1. The van der Waals surface area contributed by atoms with Gasteiger partial charge < -0.3 is 9.64 Å². The fourth-order valence-corrected chi connectivity index (χ4v) is 2.24. The molecule has 0 unspecified atom stereocenters. The van der Waals surface area contributed by atoms with Crippen molar-refractivity contribution in [3.05, 3.63) is 34.8 Å². The first-order valence-electron chi connectivity index (χ1n) is 5.91. The van der Waals surface area contributed by atoms with Gasteiger partial charge in [-0.1, -0.05) is 0 Å². The van der Waals surface area contributed by atoms with Crippen LogP contribution < -0.4 is 9.64 Å². The molecule has 0 radical (unpaired) electrons. The average Bonchev–Trinajstić information content (AvgIpc) is 2.47. The van der Waals surface area contributed by atoms with Crippen LogP contribution in [0.4, 0.5) is 5.82 Å². The lowest BCUT2D eigenvalue weighted by Gasteiger charge is -2.13. The van der Waals surface area contributed by atoms with Crippen molar-refractivity contribution in [1.82, 2.24) is 10.2 Å². The van der Waals surface area contributed by atoms with E-state index in [0.29, 0.717) is 5.82 Å². The zero-order valence-corrected chi connectivity index (χ0v) is 12.8. The second kappa shape index (κ2) is 6.35. The van der Waals surface area contributed by atoms with Gasteiger partial charge in [0, 0.05) is 12.6 Å². The van der Waals surface area contributed by atoms with E-state index >= 15 is 0 Å². The number of rotatable bonds is 4. The molecule has 0 aliphatic heterocycles. The Hall–Kier alpha value is -2.13. The fraction of sp³-hybridized carbons (Fsp3) is 0.214. The second-order valence-electron chi connectivity index (χ2n) is 4.14. The Morgan fingerprint density at radius 2 is 2.10 bits per heavy atom. The number of nitrogens with zero attached hydrogens (tertiary/aromatic N) is 4. The molecular formula is C14H13BrN4O. The highest BCUT2D eigenvalue weighted by atomic mass is 79.9. The molecule has 0 aliphatic rings. The summed E-state index contributed by atoms with van der Waals surface area (Å²) in [7, 11) is 3.43. The van der Waals surface area contributed by atoms with Gasteiger partial charge in [0.1, 0.15) is 12.3 Å². The minimum atomic E-state index is 0.280. The van der Waals surface area contributed by atoms with Crippen LogP contribution >= 0.6 is 15.9 Å². The van der Waals surface area contributed by atoms with Gasteiger partial charge in [-0.2, -0.15) is 5.26 Å². The molecule has 1 aromatic carbocycles. The summed E-state index contributed by atoms with van der Waals surface area (Å²) in [5.74, 6) is 1.44. The Morgan fingerprint density at radius 1 is 1.30 bits per heavy atom. The van der Waals surface area contributed by atoms with Crippen molar-refractivity contribution in [2.45, 2.75) is 0 Å². The van der Waals surface area contributed by atoms with Gasteiger partial charge in [-0.3, -0.25) is 0 Å². The van der Waals surface area contributed by atoms with E-state index in [-0.39, 0.29) is 6.54 Å². The minimum absolute atomic E-state index is 0.280. The Morgan fingerprint density at radius 3 is 2.65 bits per heavy atom. The van der Waals surface area contributed by atoms with Crippen LogP contribution in [0.2, 0.25) is 0 Å². The highest BCUT2D eigenvalue weighted by Gasteiger charge is 2.07. The summed E-state index contributed by atoms with van der Waals surface area (Å²) in [6.45, 7) is 0.280. The third-order valence-corrected chi connectivity index (χ3v) is 3.42. The predicted molar refractivity (Wildman–Crippen MR) is 80.6 cm³/mol. The van der Waals surface area contributed by atoms with Crippen LogP contribution in [0.15, 0.2) is 34.8 Å². The molecule has 5 nitrogen and oxygen atoms in total. The largest absolute Gasteiger partial charge is 0.496 e. The number of methoxy groups -OCH3 is 1. The Kier molecular flexibility index (Phi) is 4.53. The summed E-state index contributed by atoms with van der Waals surface area (Å²) in [6.07, 6.45) is 0. The van der Waals surface area contributed by atoms with Crippen molar-refractivity contribution in [2.24, 2.45) is 0 Å². The molecule has 0 saturated heterocycles. The van der Waals surface area contributed by atoms with E-state index in [9.17, 15) is 0 Å². The number of ether oxygens (including phenoxy) is 1. The van der Waals surface area contributed by atoms with Crippen molar-refractivity contribution in [1.29, 1.82) is 5.26 Å². The predicted octanol–water partition coefficient (Wildman–Crippen LogP) is 2.87. The first-order valence-corrected chi connectivity index (χ1v) is 6.70. The molecule has 2 aromatic rings.